The number of hydrogen-bond donors (Lipinski definition) is 2. The smallest absolute Gasteiger partial charge is 0.322 e. The lowest BCUT2D eigenvalue weighted by atomic mass is 10.2. The number of methoxy groups -OCH3 is 1. The minimum atomic E-state index is -3.47. The number of anilines is 2. The van der Waals surface area contributed by atoms with E-state index in [2.05, 4.69) is 15.0 Å². The minimum absolute atomic E-state index is 0.188. The van der Waals surface area contributed by atoms with E-state index in [1.54, 1.807) is 25.4 Å². The third-order valence-corrected chi connectivity index (χ3v) is 4.99. The van der Waals surface area contributed by atoms with Gasteiger partial charge in [-0.2, -0.15) is 0 Å². The van der Waals surface area contributed by atoms with Gasteiger partial charge in [-0.3, -0.25) is 4.72 Å². The Balaban J connectivity index is 2.16. The summed E-state index contributed by atoms with van der Waals surface area (Å²) in [5.41, 5.74) is 0.688. The number of nitrogens with one attached hydrogen (secondary N) is 2. The normalized spacial score (nSPS) is 12.3. The van der Waals surface area contributed by atoms with Gasteiger partial charge in [0, 0.05) is 24.3 Å². The Kier molecular flexibility index (Phi) is 5.85. The second-order valence-electron chi connectivity index (χ2n) is 5.38. The minimum Gasteiger partial charge on any atom is -0.495 e. The number of carbonyl (C=O) groups is 1. The predicted octanol–water partition coefficient (Wildman–Crippen LogP) is 2.75. The summed E-state index contributed by atoms with van der Waals surface area (Å²) in [6.07, 6.45) is 2.73. The van der Waals surface area contributed by atoms with Crippen molar-refractivity contribution < 1.29 is 17.9 Å². The van der Waals surface area contributed by atoms with Crippen LogP contribution >= 0.6 is 11.3 Å². The summed E-state index contributed by atoms with van der Waals surface area (Å²) in [5.74, 6) is 0.355. The monoisotopic (exact) mass is 384 g/mol. The van der Waals surface area contributed by atoms with Crippen molar-refractivity contribution in [3.05, 3.63) is 34.8 Å². The fraction of sp³-hybridized carbons (Fsp3) is 0.333. The van der Waals surface area contributed by atoms with Crippen LogP contribution in [0.2, 0.25) is 0 Å². The first-order valence-corrected chi connectivity index (χ1v) is 10.1. The molecule has 8 nitrogen and oxygen atoms in total. The molecule has 0 aliphatic carbocycles. The molecule has 2 N–H and O–H groups in total. The summed E-state index contributed by atoms with van der Waals surface area (Å²) >= 11 is 1.47. The highest BCUT2D eigenvalue weighted by Crippen LogP contribution is 2.29. The summed E-state index contributed by atoms with van der Waals surface area (Å²) in [6.45, 7) is 1.88. The Labute approximate surface area is 150 Å². The summed E-state index contributed by atoms with van der Waals surface area (Å²) in [4.78, 5) is 18.1. The number of rotatable bonds is 6. The van der Waals surface area contributed by atoms with Crippen molar-refractivity contribution in [3.8, 4) is 5.75 Å². The first-order valence-electron chi connectivity index (χ1n) is 7.30. The molecule has 1 aromatic carbocycles. The highest BCUT2D eigenvalue weighted by atomic mass is 32.2. The van der Waals surface area contributed by atoms with E-state index < -0.39 is 10.0 Å². The largest absolute Gasteiger partial charge is 0.495 e. The van der Waals surface area contributed by atoms with Crippen LogP contribution in [0.4, 0.5) is 16.2 Å². The SMILES string of the molecule is COc1ccc(NC(=O)N(C)[C@@H](C)c2nccs2)cc1NS(C)(=O)=O. The molecule has 0 unspecified atom stereocenters. The van der Waals surface area contributed by atoms with Crippen LogP contribution in [-0.4, -0.2) is 44.7 Å². The van der Waals surface area contributed by atoms with Gasteiger partial charge in [0.25, 0.3) is 0 Å². The highest BCUT2D eigenvalue weighted by molar-refractivity contribution is 7.92. The number of amides is 2. The van der Waals surface area contributed by atoms with Crippen molar-refractivity contribution in [2.45, 2.75) is 13.0 Å². The van der Waals surface area contributed by atoms with Crippen molar-refractivity contribution in [2.75, 3.05) is 30.5 Å². The molecule has 1 aromatic heterocycles. The third-order valence-electron chi connectivity index (χ3n) is 3.46. The van der Waals surface area contributed by atoms with E-state index in [0.29, 0.717) is 11.4 Å². The Morgan fingerprint density at radius 3 is 2.68 bits per heavy atom. The quantitative estimate of drug-likeness (QED) is 0.797. The summed E-state index contributed by atoms with van der Waals surface area (Å²) in [6, 6.07) is 4.18. The van der Waals surface area contributed by atoms with Gasteiger partial charge in [-0.1, -0.05) is 0 Å². The molecule has 0 fully saturated rings. The van der Waals surface area contributed by atoms with Gasteiger partial charge in [0.15, 0.2) is 0 Å². The van der Waals surface area contributed by atoms with Crippen LogP contribution in [0.5, 0.6) is 5.75 Å². The molecule has 0 spiro atoms. The lowest BCUT2D eigenvalue weighted by molar-refractivity contribution is 0.208. The molecule has 0 saturated carbocycles. The molecule has 2 amide bonds. The number of carbonyl (C=O) groups excluding carboxylic acids is 1. The molecule has 1 heterocycles. The number of nitrogens with zero attached hydrogens (tertiary/aromatic N) is 2. The third kappa shape index (κ3) is 5.07. The zero-order valence-corrected chi connectivity index (χ0v) is 15.9. The molecule has 0 bridgehead atoms. The molecule has 10 heteroatoms. The topological polar surface area (TPSA) is 101 Å². The van der Waals surface area contributed by atoms with Crippen LogP contribution in [0.3, 0.4) is 0 Å². The van der Waals surface area contributed by atoms with Gasteiger partial charge in [-0.25, -0.2) is 18.2 Å². The maximum atomic E-state index is 12.4. The first-order chi connectivity index (χ1) is 11.7. The number of thiazole rings is 1. The summed E-state index contributed by atoms with van der Waals surface area (Å²) < 4.78 is 30.4. The standard InChI is InChI=1S/C15H20N4O4S2/c1-10(14-16-7-8-24-14)19(2)15(20)17-11-5-6-13(23-3)12(9-11)18-25(4,21)22/h5-10,18H,1-4H3,(H,17,20)/t10-/m0/s1. The van der Waals surface area contributed by atoms with Crippen molar-refractivity contribution in [2.24, 2.45) is 0 Å². The number of benzene rings is 1. The van der Waals surface area contributed by atoms with Gasteiger partial charge < -0.3 is 15.0 Å². The molecule has 2 rings (SSSR count). The highest BCUT2D eigenvalue weighted by Gasteiger charge is 2.20. The number of hydrogen-bond acceptors (Lipinski definition) is 6. The molecular weight excluding hydrogens is 364 g/mol. The Morgan fingerprint density at radius 1 is 1.40 bits per heavy atom. The maximum absolute atomic E-state index is 12.4. The maximum Gasteiger partial charge on any atom is 0.322 e. The molecule has 1 atom stereocenters. The Hall–Kier alpha value is -2.33. The van der Waals surface area contributed by atoms with Crippen LogP contribution in [0.1, 0.15) is 18.0 Å². The van der Waals surface area contributed by atoms with E-state index in [9.17, 15) is 13.2 Å². The molecule has 0 aliphatic heterocycles. The van der Waals surface area contributed by atoms with E-state index in [-0.39, 0.29) is 17.8 Å². The number of sulfonamides is 1. The van der Waals surface area contributed by atoms with Crippen LogP contribution < -0.4 is 14.8 Å². The van der Waals surface area contributed by atoms with E-state index in [1.807, 2.05) is 12.3 Å². The van der Waals surface area contributed by atoms with Crippen LogP contribution in [0.15, 0.2) is 29.8 Å². The molecule has 2 aromatic rings. The fourth-order valence-electron chi connectivity index (χ4n) is 2.06. The van der Waals surface area contributed by atoms with Crippen LogP contribution in [0, 0.1) is 0 Å². The van der Waals surface area contributed by atoms with Crippen LogP contribution in [-0.2, 0) is 10.0 Å². The van der Waals surface area contributed by atoms with Crippen molar-refractivity contribution >= 4 is 38.8 Å². The van der Waals surface area contributed by atoms with Crippen molar-refractivity contribution in [3.63, 3.8) is 0 Å². The molecule has 25 heavy (non-hydrogen) atoms. The zero-order chi connectivity index (χ0) is 18.6. The Morgan fingerprint density at radius 2 is 2.12 bits per heavy atom. The van der Waals surface area contributed by atoms with Crippen molar-refractivity contribution in [1.82, 2.24) is 9.88 Å². The van der Waals surface area contributed by atoms with E-state index in [4.69, 9.17) is 4.74 Å². The summed E-state index contributed by atoms with van der Waals surface area (Å²) in [7, 11) is -0.372. The van der Waals surface area contributed by atoms with E-state index >= 15 is 0 Å². The van der Waals surface area contributed by atoms with Crippen LogP contribution in [0.25, 0.3) is 0 Å². The van der Waals surface area contributed by atoms with Gasteiger partial charge in [-0.15, -0.1) is 11.3 Å². The lowest BCUT2D eigenvalue weighted by Gasteiger charge is -2.23. The predicted molar refractivity (Wildman–Crippen MR) is 98.8 cm³/mol. The molecule has 0 aliphatic rings. The van der Waals surface area contributed by atoms with Gasteiger partial charge in [0.1, 0.15) is 10.8 Å². The van der Waals surface area contributed by atoms with Gasteiger partial charge in [-0.05, 0) is 25.1 Å². The second-order valence-corrected chi connectivity index (χ2v) is 8.05. The lowest BCUT2D eigenvalue weighted by Crippen LogP contribution is -2.33. The summed E-state index contributed by atoms with van der Waals surface area (Å²) in [5, 5.41) is 5.41. The number of aromatic nitrogens is 1. The number of ether oxygens (including phenoxy) is 1. The second kappa shape index (κ2) is 7.70. The van der Waals surface area contributed by atoms with Gasteiger partial charge in [0.05, 0.1) is 25.1 Å². The average molecular weight is 384 g/mol. The van der Waals surface area contributed by atoms with Gasteiger partial charge >= 0.3 is 6.03 Å². The molecule has 0 saturated heterocycles. The van der Waals surface area contributed by atoms with E-state index in [0.717, 1.165) is 11.3 Å². The fourth-order valence-corrected chi connectivity index (χ4v) is 3.36. The van der Waals surface area contributed by atoms with Crippen molar-refractivity contribution in [1.29, 1.82) is 0 Å². The number of urea groups is 1. The molecular formula is C15H20N4O4S2. The van der Waals surface area contributed by atoms with Gasteiger partial charge in [0.2, 0.25) is 10.0 Å². The average Bonchev–Trinajstić information content (AvgIpc) is 3.06. The molecule has 0 radical (unpaired) electrons. The van der Waals surface area contributed by atoms with E-state index in [1.165, 1.54) is 29.4 Å². The zero-order valence-electron chi connectivity index (χ0n) is 14.3. The molecule has 136 valence electrons. The Bertz CT molecular complexity index is 837. The first kappa shape index (κ1) is 19.0.